The second-order valence-corrected chi connectivity index (χ2v) is 5.83. The van der Waals surface area contributed by atoms with Gasteiger partial charge in [0.25, 0.3) is 0 Å². The summed E-state index contributed by atoms with van der Waals surface area (Å²) >= 11 is 0. The van der Waals surface area contributed by atoms with E-state index >= 15 is 0 Å². The lowest BCUT2D eigenvalue weighted by molar-refractivity contribution is 0.0697. The SMILES string of the molecule is C=CCCS(=O)(=O)N(C)c1ccc(C(=O)O)cc1. The number of rotatable bonds is 6. The van der Waals surface area contributed by atoms with Crippen molar-refractivity contribution in [2.45, 2.75) is 6.42 Å². The standard InChI is InChI=1S/C12H15NO4S/c1-3-4-9-18(16,17)13(2)11-7-5-10(6-8-11)12(14)15/h3,5-8H,1,4,9H2,2H3,(H,14,15). The predicted octanol–water partition coefficient (Wildman–Crippen LogP) is 1.73. The fourth-order valence-corrected chi connectivity index (χ4v) is 2.53. The fraction of sp³-hybridized carbons (Fsp3) is 0.250. The molecule has 0 aliphatic rings. The van der Waals surface area contributed by atoms with Gasteiger partial charge in [0.1, 0.15) is 0 Å². The second kappa shape index (κ2) is 5.68. The third-order valence-corrected chi connectivity index (χ3v) is 4.27. The van der Waals surface area contributed by atoms with Crippen LogP contribution in [0, 0.1) is 0 Å². The summed E-state index contributed by atoms with van der Waals surface area (Å²) in [6, 6.07) is 5.68. The van der Waals surface area contributed by atoms with Crippen molar-refractivity contribution in [1.82, 2.24) is 0 Å². The van der Waals surface area contributed by atoms with Crippen LogP contribution in [-0.2, 0) is 10.0 Å². The minimum atomic E-state index is -3.39. The van der Waals surface area contributed by atoms with Crippen LogP contribution in [0.3, 0.4) is 0 Å². The van der Waals surface area contributed by atoms with Crippen LogP contribution in [0.15, 0.2) is 36.9 Å². The number of aromatic carboxylic acids is 1. The van der Waals surface area contributed by atoms with Gasteiger partial charge in [0.05, 0.1) is 17.0 Å². The zero-order valence-electron chi connectivity index (χ0n) is 10.0. The molecule has 0 fully saturated rings. The molecular weight excluding hydrogens is 254 g/mol. The average molecular weight is 269 g/mol. The molecule has 0 bridgehead atoms. The van der Waals surface area contributed by atoms with E-state index in [1.54, 1.807) is 6.08 Å². The van der Waals surface area contributed by atoms with E-state index in [1.807, 2.05) is 0 Å². The van der Waals surface area contributed by atoms with Gasteiger partial charge in [-0.25, -0.2) is 13.2 Å². The molecular formula is C12H15NO4S. The molecule has 1 aromatic rings. The molecule has 0 amide bonds. The van der Waals surface area contributed by atoms with Gasteiger partial charge in [-0.1, -0.05) is 6.08 Å². The molecule has 0 aliphatic heterocycles. The first-order valence-electron chi connectivity index (χ1n) is 5.29. The van der Waals surface area contributed by atoms with Gasteiger partial charge in [0, 0.05) is 7.05 Å². The number of anilines is 1. The molecule has 6 heteroatoms. The van der Waals surface area contributed by atoms with Crippen molar-refractivity contribution >= 4 is 21.7 Å². The number of nitrogens with zero attached hydrogens (tertiary/aromatic N) is 1. The van der Waals surface area contributed by atoms with Crippen LogP contribution in [0.5, 0.6) is 0 Å². The molecule has 0 unspecified atom stereocenters. The number of hydrogen-bond donors (Lipinski definition) is 1. The average Bonchev–Trinajstić information content (AvgIpc) is 2.35. The van der Waals surface area contributed by atoms with Crippen molar-refractivity contribution in [2.75, 3.05) is 17.1 Å². The molecule has 0 atom stereocenters. The Bertz CT molecular complexity index is 534. The van der Waals surface area contributed by atoms with Gasteiger partial charge < -0.3 is 5.11 Å². The van der Waals surface area contributed by atoms with E-state index in [2.05, 4.69) is 6.58 Å². The summed E-state index contributed by atoms with van der Waals surface area (Å²) in [6.45, 7) is 3.48. The van der Waals surface area contributed by atoms with Gasteiger partial charge >= 0.3 is 5.97 Å². The van der Waals surface area contributed by atoms with E-state index < -0.39 is 16.0 Å². The first kappa shape index (κ1) is 14.2. The lowest BCUT2D eigenvalue weighted by atomic mass is 10.2. The van der Waals surface area contributed by atoms with Crippen molar-refractivity contribution in [1.29, 1.82) is 0 Å². The molecule has 0 spiro atoms. The van der Waals surface area contributed by atoms with E-state index in [4.69, 9.17) is 5.11 Å². The molecule has 0 saturated heterocycles. The Balaban J connectivity index is 2.93. The lowest BCUT2D eigenvalue weighted by Gasteiger charge is -2.19. The highest BCUT2D eigenvalue weighted by Gasteiger charge is 2.17. The van der Waals surface area contributed by atoms with E-state index in [1.165, 1.54) is 31.3 Å². The van der Waals surface area contributed by atoms with Crippen LogP contribution >= 0.6 is 0 Å². The summed E-state index contributed by atoms with van der Waals surface area (Å²) in [7, 11) is -1.96. The molecule has 0 radical (unpaired) electrons. The van der Waals surface area contributed by atoms with Crippen LogP contribution in [0.2, 0.25) is 0 Å². The summed E-state index contributed by atoms with van der Waals surface area (Å²) in [6.07, 6.45) is 1.92. The van der Waals surface area contributed by atoms with Crippen LogP contribution in [0.1, 0.15) is 16.8 Å². The maximum atomic E-state index is 11.9. The van der Waals surface area contributed by atoms with Crippen molar-refractivity contribution < 1.29 is 18.3 Å². The first-order chi connectivity index (χ1) is 8.38. The number of allylic oxidation sites excluding steroid dienone is 1. The second-order valence-electron chi connectivity index (χ2n) is 3.71. The number of carboxylic acid groups (broad SMARTS) is 1. The number of hydrogen-bond acceptors (Lipinski definition) is 3. The molecule has 5 nitrogen and oxygen atoms in total. The molecule has 0 heterocycles. The van der Waals surface area contributed by atoms with Crippen molar-refractivity contribution in [3.05, 3.63) is 42.5 Å². The maximum Gasteiger partial charge on any atom is 0.335 e. The van der Waals surface area contributed by atoms with Crippen LogP contribution in [-0.4, -0.2) is 32.3 Å². The summed E-state index contributed by atoms with van der Waals surface area (Å²) in [5, 5.41) is 8.75. The largest absolute Gasteiger partial charge is 0.478 e. The summed E-state index contributed by atoms with van der Waals surface area (Å²) < 4.78 is 24.9. The van der Waals surface area contributed by atoms with E-state index in [9.17, 15) is 13.2 Å². The van der Waals surface area contributed by atoms with Crippen molar-refractivity contribution in [3.63, 3.8) is 0 Å². The van der Waals surface area contributed by atoms with Gasteiger partial charge in [-0.05, 0) is 30.7 Å². The summed E-state index contributed by atoms with van der Waals surface area (Å²) in [5.41, 5.74) is 0.555. The maximum absolute atomic E-state index is 11.9. The van der Waals surface area contributed by atoms with E-state index in [0.717, 1.165) is 4.31 Å². The zero-order chi connectivity index (χ0) is 13.8. The molecule has 0 aliphatic carbocycles. The minimum Gasteiger partial charge on any atom is -0.478 e. The molecule has 98 valence electrons. The van der Waals surface area contributed by atoms with Gasteiger partial charge in [0.15, 0.2) is 0 Å². The van der Waals surface area contributed by atoms with E-state index in [0.29, 0.717) is 12.1 Å². The Morgan fingerprint density at radius 1 is 1.39 bits per heavy atom. The predicted molar refractivity (Wildman–Crippen MR) is 70.4 cm³/mol. The molecule has 1 rings (SSSR count). The third-order valence-electron chi connectivity index (χ3n) is 2.48. The number of carbonyl (C=O) groups is 1. The molecule has 18 heavy (non-hydrogen) atoms. The van der Waals surface area contributed by atoms with Gasteiger partial charge in [-0.3, -0.25) is 4.31 Å². The van der Waals surface area contributed by atoms with Gasteiger partial charge in [0.2, 0.25) is 10.0 Å². The van der Waals surface area contributed by atoms with Crippen LogP contribution < -0.4 is 4.31 Å². The Morgan fingerprint density at radius 3 is 2.39 bits per heavy atom. The van der Waals surface area contributed by atoms with Crippen LogP contribution in [0.4, 0.5) is 5.69 Å². The Hall–Kier alpha value is -1.82. The number of benzene rings is 1. The smallest absolute Gasteiger partial charge is 0.335 e. The third kappa shape index (κ3) is 3.33. The minimum absolute atomic E-state index is 0.0202. The fourth-order valence-electron chi connectivity index (χ4n) is 1.34. The molecule has 0 aromatic heterocycles. The highest BCUT2D eigenvalue weighted by Crippen LogP contribution is 2.17. The highest BCUT2D eigenvalue weighted by atomic mass is 32.2. The number of sulfonamides is 1. The Labute approximate surface area is 106 Å². The highest BCUT2D eigenvalue weighted by molar-refractivity contribution is 7.92. The zero-order valence-corrected chi connectivity index (χ0v) is 10.9. The Kier molecular flexibility index (Phi) is 4.49. The van der Waals surface area contributed by atoms with Gasteiger partial charge in [-0.15, -0.1) is 6.58 Å². The normalized spacial score (nSPS) is 10.9. The van der Waals surface area contributed by atoms with Crippen LogP contribution in [0.25, 0.3) is 0 Å². The lowest BCUT2D eigenvalue weighted by Crippen LogP contribution is -2.28. The summed E-state index contributed by atoms with van der Waals surface area (Å²) in [5.74, 6) is -1.06. The first-order valence-corrected chi connectivity index (χ1v) is 6.90. The van der Waals surface area contributed by atoms with Gasteiger partial charge in [-0.2, -0.15) is 0 Å². The molecule has 1 aromatic carbocycles. The number of carboxylic acids is 1. The molecule has 1 N–H and O–H groups in total. The van der Waals surface area contributed by atoms with Crippen molar-refractivity contribution in [2.24, 2.45) is 0 Å². The topological polar surface area (TPSA) is 74.7 Å². The van der Waals surface area contributed by atoms with E-state index in [-0.39, 0.29) is 11.3 Å². The quantitative estimate of drug-likeness (QED) is 0.798. The Morgan fingerprint density at radius 2 is 1.94 bits per heavy atom. The van der Waals surface area contributed by atoms with Crippen molar-refractivity contribution in [3.8, 4) is 0 Å². The molecule has 0 saturated carbocycles. The monoisotopic (exact) mass is 269 g/mol. The summed E-state index contributed by atoms with van der Waals surface area (Å²) in [4.78, 5) is 10.7.